The van der Waals surface area contributed by atoms with Crippen LogP contribution >= 0.6 is 0 Å². The zero-order valence-corrected chi connectivity index (χ0v) is 11.2. The Morgan fingerprint density at radius 2 is 2.38 bits per heavy atom. The van der Waals surface area contributed by atoms with Gasteiger partial charge in [0.1, 0.15) is 12.3 Å². The Balaban J connectivity index is 2.35. The van der Waals surface area contributed by atoms with Gasteiger partial charge in [-0.25, -0.2) is 4.79 Å². The van der Waals surface area contributed by atoms with Crippen LogP contribution in [0.2, 0.25) is 0 Å². The highest BCUT2D eigenvalue weighted by Gasteiger charge is 2.40. The molecule has 1 aliphatic heterocycles. The van der Waals surface area contributed by atoms with Gasteiger partial charge in [0.05, 0.1) is 18.8 Å². The highest BCUT2D eigenvalue weighted by Crippen LogP contribution is 2.31. The molecule has 0 unspecified atom stereocenters. The molecule has 2 rings (SSSR count). The molecule has 21 heavy (non-hydrogen) atoms. The minimum absolute atomic E-state index is 0.150. The van der Waals surface area contributed by atoms with Crippen molar-refractivity contribution in [1.82, 2.24) is 9.55 Å². The monoisotopic (exact) mass is 297 g/mol. The lowest BCUT2D eigenvalue weighted by Gasteiger charge is -2.20. The van der Waals surface area contributed by atoms with Gasteiger partial charge in [0, 0.05) is 23.1 Å². The predicted molar refractivity (Wildman–Crippen MR) is 70.6 cm³/mol. The summed E-state index contributed by atoms with van der Waals surface area (Å²) in [6.45, 7) is 0.975. The van der Waals surface area contributed by atoms with Crippen molar-refractivity contribution in [3.05, 3.63) is 43.0 Å². The van der Waals surface area contributed by atoms with E-state index in [4.69, 9.17) is 15.4 Å². The van der Waals surface area contributed by atoms with E-state index in [1.807, 2.05) is 0 Å². The van der Waals surface area contributed by atoms with Crippen LogP contribution in [0.4, 0.5) is 0 Å². The van der Waals surface area contributed by atoms with Gasteiger partial charge >= 0.3 is 5.69 Å². The molecule has 1 aliphatic rings. The van der Waals surface area contributed by atoms with Crippen LogP contribution in [0.3, 0.4) is 0 Å². The highest BCUT2D eigenvalue weighted by molar-refractivity contribution is 5.02. The molecule has 10 heteroatoms. The van der Waals surface area contributed by atoms with Gasteiger partial charge in [0.15, 0.2) is 0 Å². The molecule has 1 aromatic rings. The zero-order chi connectivity index (χ0) is 15.6. The number of rotatable bonds is 4. The average Bonchev–Trinajstić information content (AvgIpc) is 2.86. The summed E-state index contributed by atoms with van der Waals surface area (Å²) in [4.78, 5) is 28.0. The number of H-pyrrole nitrogens is 1. The summed E-state index contributed by atoms with van der Waals surface area (Å²) in [5.74, 6) is 0. The molecule has 3 N–H and O–H groups in total. The molecule has 0 radical (unpaired) electrons. The first kappa shape index (κ1) is 15.3. The van der Waals surface area contributed by atoms with Gasteiger partial charge < -0.3 is 14.9 Å². The van der Waals surface area contributed by atoms with Crippen molar-refractivity contribution in [2.75, 3.05) is 6.61 Å². The van der Waals surface area contributed by atoms with Crippen LogP contribution in [0.1, 0.15) is 18.2 Å². The van der Waals surface area contributed by atoms with Crippen LogP contribution in [0.25, 0.3) is 10.4 Å². The standard InChI is InChI=1S/C11H15N5O5/c1-5-3-16(11(20)13-10(5)19)8-2-6(14-15-12)9(21-8)7(18)4-17/h3,6-9,17-18H,2,4H2,1H3,(H,13,19,20)/t6-,7-,8-,9+/m1/s1. The number of aromatic nitrogens is 2. The van der Waals surface area contributed by atoms with Crippen molar-refractivity contribution in [3.8, 4) is 0 Å². The van der Waals surface area contributed by atoms with Crippen LogP contribution < -0.4 is 11.2 Å². The molecule has 0 amide bonds. The van der Waals surface area contributed by atoms with Crippen LogP contribution in [-0.2, 0) is 4.74 Å². The Labute approximate surface area is 118 Å². The molecule has 4 atom stereocenters. The third kappa shape index (κ3) is 2.98. The lowest BCUT2D eigenvalue weighted by molar-refractivity contribution is -0.0781. The van der Waals surface area contributed by atoms with E-state index >= 15 is 0 Å². The van der Waals surface area contributed by atoms with Gasteiger partial charge in [0.25, 0.3) is 5.56 Å². The summed E-state index contributed by atoms with van der Waals surface area (Å²) >= 11 is 0. The number of aryl methyl sites for hydroxylation is 1. The average molecular weight is 297 g/mol. The van der Waals surface area contributed by atoms with Gasteiger partial charge in [-0.15, -0.1) is 0 Å². The summed E-state index contributed by atoms with van der Waals surface area (Å²) < 4.78 is 6.67. The molecule has 0 spiro atoms. The van der Waals surface area contributed by atoms with Crippen LogP contribution in [-0.4, -0.2) is 44.6 Å². The largest absolute Gasteiger partial charge is 0.394 e. The molecule has 2 heterocycles. The maximum Gasteiger partial charge on any atom is 0.330 e. The Hall–Kier alpha value is -2.13. The summed E-state index contributed by atoms with van der Waals surface area (Å²) in [6.07, 6.45) is -1.46. The van der Waals surface area contributed by atoms with Gasteiger partial charge in [0.2, 0.25) is 0 Å². The van der Waals surface area contributed by atoms with E-state index in [-0.39, 0.29) is 6.42 Å². The van der Waals surface area contributed by atoms with Crippen molar-refractivity contribution < 1.29 is 14.9 Å². The molecule has 1 aromatic heterocycles. The molecule has 0 aliphatic carbocycles. The molecule has 10 nitrogen and oxygen atoms in total. The second-order valence-corrected chi connectivity index (χ2v) is 4.79. The van der Waals surface area contributed by atoms with E-state index in [1.165, 1.54) is 17.7 Å². The number of nitrogens with one attached hydrogen (secondary N) is 1. The van der Waals surface area contributed by atoms with Crippen molar-refractivity contribution >= 4 is 0 Å². The minimum Gasteiger partial charge on any atom is -0.394 e. The lowest BCUT2D eigenvalue weighted by atomic mass is 10.1. The Morgan fingerprint density at radius 1 is 1.67 bits per heavy atom. The topological polar surface area (TPSA) is 153 Å². The molecular weight excluding hydrogens is 282 g/mol. The third-order valence-electron chi connectivity index (χ3n) is 3.36. The van der Waals surface area contributed by atoms with E-state index in [2.05, 4.69) is 15.0 Å². The number of hydrogen-bond donors (Lipinski definition) is 3. The zero-order valence-electron chi connectivity index (χ0n) is 11.2. The Morgan fingerprint density at radius 3 is 3.00 bits per heavy atom. The van der Waals surface area contributed by atoms with Crippen LogP contribution in [0.15, 0.2) is 20.9 Å². The molecule has 114 valence electrons. The number of nitrogens with zero attached hydrogens (tertiary/aromatic N) is 4. The highest BCUT2D eigenvalue weighted by atomic mass is 16.5. The summed E-state index contributed by atoms with van der Waals surface area (Å²) in [7, 11) is 0. The first-order valence-corrected chi connectivity index (χ1v) is 6.28. The Kier molecular flexibility index (Phi) is 4.43. The molecule has 0 bridgehead atoms. The number of aliphatic hydroxyl groups excluding tert-OH is 2. The Bertz CT molecular complexity index is 676. The van der Waals surface area contributed by atoms with Gasteiger partial charge in [-0.1, -0.05) is 5.11 Å². The molecule has 1 fully saturated rings. The maximum absolute atomic E-state index is 11.8. The predicted octanol–water partition coefficient (Wildman–Crippen LogP) is -0.835. The number of azide groups is 1. The van der Waals surface area contributed by atoms with Crippen LogP contribution in [0, 0.1) is 6.92 Å². The van der Waals surface area contributed by atoms with E-state index in [0.29, 0.717) is 5.56 Å². The molecule has 0 aromatic carbocycles. The lowest BCUT2D eigenvalue weighted by Crippen LogP contribution is -2.37. The summed E-state index contributed by atoms with van der Waals surface area (Å²) in [5, 5.41) is 22.2. The normalized spacial score (nSPS) is 26.3. The van der Waals surface area contributed by atoms with Gasteiger partial charge in [-0.2, -0.15) is 0 Å². The first-order chi connectivity index (χ1) is 9.97. The number of aromatic amines is 1. The van der Waals surface area contributed by atoms with Crippen molar-refractivity contribution in [2.45, 2.75) is 37.8 Å². The van der Waals surface area contributed by atoms with Gasteiger partial charge in [-0.05, 0) is 12.5 Å². The third-order valence-corrected chi connectivity index (χ3v) is 3.36. The smallest absolute Gasteiger partial charge is 0.330 e. The van der Waals surface area contributed by atoms with E-state index in [1.54, 1.807) is 0 Å². The van der Waals surface area contributed by atoms with Crippen molar-refractivity contribution in [1.29, 1.82) is 0 Å². The van der Waals surface area contributed by atoms with E-state index < -0.39 is 42.3 Å². The van der Waals surface area contributed by atoms with E-state index in [9.17, 15) is 14.7 Å². The molecule has 0 saturated carbocycles. The summed E-state index contributed by atoms with van der Waals surface area (Å²) in [6, 6.07) is -0.721. The molecular formula is C11H15N5O5. The first-order valence-electron chi connectivity index (χ1n) is 6.28. The van der Waals surface area contributed by atoms with Crippen molar-refractivity contribution in [3.63, 3.8) is 0 Å². The SMILES string of the molecule is Cc1cn([C@H]2C[C@@H](N=[N+]=[N-])[C@@H]([C@H](O)CO)O2)c(=O)[nH]c1=O. The second kappa shape index (κ2) is 6.10. The van der Waals surface area contributed by atoms with Crippen molar-refractivity contribution in [2.24, 2.45) is 5.11 Å². The fraction of sp³-hybridized carbons (Fsp3) is 0.636. The maximum atomic E-state index is 11.8. The van der Waals surface area contributed by atoms with Gasteiger partial charge in [-0.3, -0.25) is 14.3 Å². The summed E-state index contributed by atoms with van der Waals surface area (Å²) in [5.41, 5.74) is 7.71. The second-order valence-electron chi connectivity index (χ2n) is 4.79. The quantitative estimate of drug-likeness (QED) is 0.376. The van der Waals surface area contributed by atoms with Crippen LogP contribution in [0.5, 0.6) is 0 Å². The minimum atomic E-state index is -1.23. The number of aliphatic hydroxyl groups is 2. The fourth-order valence-corrected chi connectivity index (χ4v) is 2.28. The number of hydrogen-bond acceptors (Lipinski definition) is 6. The fourth-order valence-electron chi connectivity index (χ4n) is 2.28. The van der Waals surface area contributed by atoms with E-state index in [0.717, 1.165) is 0 Å². The molecule has 1 saturated heterocycles. The number of ether oxygens (including phenoxy) is 1.